The number of pyridine rings is 1. The Bertz CT molecular complexity index is 1480. The molecule has 0 unspecified atom stereocenters. The Morgan fingerprint density at radius 2 is 1.73 bits per heavy atom. The summed E-state index contributed by atoms with van der Waals surface area (Å²) in [4.78, 5) is 32.2. The van der Waals surface area contributed by atoms with Crippen LogP contribution in [0.4, 0.5) is 19.0 Å². The van der Waals surface area contributed by atoms with Gasteiger partial charge in [-0.3, -0.25) is 14.7 Å². The molecule has 5 rings (SSSR count). The molecule has 1 aromatic carbocycles. The maximum atomic E-state index is 13.1. The lowest BCUT2D eigenvalue weighted by Crippen LogP contribution is -2.30. The molecule has 37 heavy (non-hydrogen) atoms. The van der Waals surface area contributed by atoms with Crippen LogP contribution in [-0.2, 0) is 24.4 Å². The number of hydrogen-bond acceptors (Lipinski definition) is 5. The topological polar surface area (TPSA) is 76.8 Å². The van der Waals surface area contributed by atoms with Crippen LogP contribution >= 0.6 is 0 Å². The first kappa shape index (κ1) is 24.6. The third-order valence-corrected chi connectivity index (χ3v) is 6.51. The van der Waals surface area contributed by atoms with Gasteiger partial charge in [0.05, 0.1) is 18.2 Å². The maximum absolute atomic E-state index is 13.1. The number of carbonyl (C=O) groups is 1. The Morgan fingerprint density at radius 3 is 2.38 bits per heavy atom. The van der Waals surface area contributed by atoms with Gasteiger partial charge in [0.2, 0.25) is 5.91 Å². The van der Waals surface area contributed by atoms with Crippen molar-refractivity contribution < 1.29 is 18.0 Å². The monoisotopic (exact) mass is 506 g/mol. The molecule has 3 aromatic heterocycles. The molecule has 190 valence electrons. The van der Waals surface area contributed by atoms with Crippen molar-refractivity contribution in [2.75, 3.05) is 4.90 Å². The molecule has 1 atom stereocenters. The molecule has 1 aliphatic heterocycles. The van der Waals surface area contributed by atoms with E-state index in [2.05, 4.69) is 28.8 Å². The number of nitrogens with zero attached hydrogens (tertiary/aromatic N) is 6. The van der Waals surface area contributed by atoms with Crippen LogP contribution in [0.5, 0.6) is 0 Å². The SMILES string of the molecule is CC(C)c1ncccc1-c1ncc2c(n1)N([C@H](C)c1ccc(-c3nc(C(F)(F)F)cn3C)cc1)C(=O)C2. The van der Waals surface area contributed by atoms with Crippen LogP contribution < -0.4 is 4.90 Å². The summed E-state index contributed by atoms with van der Waals surface area (Å²) >= 11 is 0. The number of aryl methyl sites for hydroxylation is 1. The smallest absolute Gasteiger partial charge is 0.333 e. The lowest BCUT2D eigenvalue weighted by atomic mass is 10.0. The van der Waals surface area contributed by atoms with Gasteiger partial charge in [0.25, 0.3) is 0 Å². The summed E-state index contributed by atoms with van der Waals surface area (Å²) in [5, 5.41) is 0. The van der Waals surface area contributed by atoms with Gasteiger partial charge in [-0.15, -0.1) is 0 Å². The zero-order chi connectivity index (χ0) is 26.5. The molecule has 0 bridgehead atoms. The fourth-order valence-electron chi connectivity index (χ4n) is 4.62. The minimum atomic E-state index is -4.51. The number of rotatable bonds is 5. The highest BCUT2D eigenvalue weighted by molar-refractivity contribution is 6.01. The van der Waals surface area contributed by atoms with E-state index in [-0.39, 0.29) is 30.1 Å². The summed E-state index contributed by atoms with van der Waals surface area (Å²) in [6, 6.07) is 10.4. The van der Waals surface area contributed by atoms with Gasteiger partial charge in [-0.25, -0.2) is 15.0 Å². The van der Waals surface area contributed by atoms with E-state index >= 15 is 0 Å². The highest BCUT2D eigenvalue weighted by atomic mass is 19.4. The van der Waals surface area contributed by atoms with Gasteiger partial charge in [0.1, 0.15) is 11.6 Å². The summed E-state index contributed by atoms with van der Waals surface area (Å²) in [5.74, 6) is 1.36. The molecule has 0 radical (unpaired) electrons. The lowest BCUT2D eigenvalue weighted by molar-refractivity contribution is -0.140. The molecule has 4 heterocycles. The van der Waals surface area contributed by atoms with Gasteiger partial charge in [-0.2, -0.15) is 13.2 Å². The van der Waals surface area contributed by atoms with Gasteiger partial charge < -0.3 is 4.57 Å². The fraction of sp³-hybridized carbons (Fsp3) is 0.296. The predicted molar refractivity (Wildman–Crippen MR) is 133 cm³/mol. The number of alkyl halides is 3. The Kier molecular flexibility index (Phi) is 6.05. The Morgan fingerprint density at radius 1 is 1.00 bits per heavy atom. The van der Waals surface area contributed by atoms with E-state index in [0.717, 1.165) is 28.6 Å². The Hall–Kier alpha value is -4.08. The maximum Gasteiger partial charge on any atom is 0.434 e. The van der Waals surface area contributed by atoms with Crippen molar-refractivity contribution in [3.63, 3.8) is 0 Å². The van der Waals surface area contributed by atoms with Gasteiger partial charge >= 0.3 is 6.18 Å². The van der Waals surface area contributed by atoms with Crippen molar-refractivity contribution in [3.05, 3.63) is 77.5 Å². The molecule has 10 heteroatoms. The van der Waals surface area contributed by atoms with Gasteiger partial charge in [0.15, 0.2) is 11.5 Å². The number of carbonyl (C=O) groups excluding carboxylic acids is 1. The molecule has 7 nitrogen and oxygen atoms in total. The van der Waals surface area contributed by atoms with Gasteiger partial charge in [-0.05, 0) is 30.5 Å². The van der Waals surface area contributed by atoms with E-state index in [1.807, 2.05) is 19.1 Å². The molecule has 0 saturated heterocycles. The standard InChI is InChI=1S/C27H25F3N6O/c1-15(2)23-20(6-5-11-31-23)24-32-13-19-12-22(37)36(26(19)34-24)16(3)17-7-9-18(10-8-17)25-33-21(14-35(25)4)27(28,29)30/h5-11,13-16H,12H2,1-4H3/t16-/m1/s1. The van der Waals surface area contributed by atoms with Crippen LogP contribution in [0.2, 0.25) is 0 Å². The van der Waals surface area contributed by atoms with Gasteiger partial charge in [0, 0.05) is 42.3 Å². The third-order valence-electron chi connectivity index (χ3n) is 6.51. The van der Waals surface area contributed by atoms with Crippen LogP contribution in [0.3, 0.4) is 0 Å². The van der Waals surface area contributed by atoms with Crippen molar-refractivity contribution in [3.8, 4) is 22.8 Å². The highest BCUT2D eigenvalue weighted by Crippen LogP contribution is 2.37. The summed E-state index contributed by atoms with van der Waals surface area (Å²) < 4.78 is 40.6. The molecule has 0 spiro atoms. The molecule has 1 aliphatic rings. The summed E-state index contributed by atoms with van der Waals surface area (Å²) in [5.41, 5.74) is 2.88. The molecule has 0 N–H and O–H groups in total. The van der Waals surface area contributed by atoms with Crippen molar-refractivity contribution >= 4 is 11.7 Å². The van der Waals surface area contributed by atoms with E-state index in [9.17, 15) is 18.0 Å². The summed E-state index contributed by atoms with van der Waals surface area (Å²) in [7, 11) is 1.53. The largest absolute Gasteiger partial charge is 0.434 e. The zero-order valence-electron chi connectivity index (χ0n) is 20.8. The minimum absolute atomic E-state index is 0.0905. The normalized spacial score (nSPS) is 14.4. The number of fused-ring (bicyclic) bond motifs is 1. The van der Waals surface area contributed by atoms with Crippen molar-refractivity contribution in [1.29, 1.82) is 0 Å². The number of imidazole rings is 1. The van der Waals surface area contributed by atoms with E-state index in [1.54, 1.807) is 41.6 Å². The number of benzene rings is 1. The van der Waals surface area contributed by atoms with Crippen LogP contribution in [0, 0.1) is 0 Å². The van der Waals surface area contributed by atoms with E-state index in [0.29, 0.717) is 17.2 Å². The molecule has 1 amide bonds. The van der Waals surface area contributed by atoms with Crippen molar-refractivity contribution in [1.82, 2.24) is 24.5 Å². The number of aromatic nitrogens is 5. The number of halogens is 3. The zero-order valence-corrected chi connectivity index (χ0v) is 20.8. The predicted octanol–water partition coefficient (Wildman–Crippen LogP) is 5.73. The van der Waals surface area contributed by atoms with Crippen LogP contribution in [0.15, 0.2) is 55.0 Å². The van der Waals surface area contributed by atoms with E-state index in [4.69, 9.17) is 4.98 Å². The number of hydrogen-bond donors (Lipinski definition) is 0. The second-order valence-electron chi connectivity index (χ2n) is 9.43. The average molecular weight is 507 g/mol. The first-order valence-corrected chi connectivity index (χ1v) is 11.9. The molecule has 0 fully saturated rings. The number of anilines is 1. The highest BCUT2D eigenvalue weighted by Gasteiger charge is 2.35. The minimum Gasteiger partial charge on any atom is -0.333 e. The summed E-state index contributed by atoms with van der Waals surface area (Å²) in [6.07, 6.45) is 0.0937. The van der Waals surface area contributed by atoms with Crippen molar-refractivity contribution in [2.24, 2.45) is 7.05 Å². The molecule has 0 aliphatic carbocycles. The van der Waals surface area contributed by atoms with Crippen LogP contribution in [0.1, 0.15) is 55.2 Å². The number of amides is 1. The Labute approximate surface area is 212 Å². The fourth-order valence-corrected chi connectivity index (χ4v) is 4.62. The Balaban J connectivity index is 1.46. The average Bonchev–Trinajstić information content (AvgIpc) is 3.42. The molecular formula is C27H25F3N6O. The van der Waals surface area contributed by atoms with E-state index < -0.39 is 11.9 Å². The van der Waals surface area contributed by atoms with E-state index in [1.165, 1.54) is 11.6 Å². The second-order valence-corrected chi connectivity index (χ2v) is 9.43. The molecular weight excluding hydrogens is 481 g/mol. The second kappa shape index (κ2) is 9.10. The summed E-state index contributed by atoms with van der Waals surface area (Å²) in [6.45, 7) is 6.00. The van der Waals surface area contributed by atoms with Crippen LogP contribution in [-0.4, -0.2) is 30.4 Å². The first-order valence-electron chi connectivity index (χ1n) is 11.9. The van der Waals surface area contributed by atoms with Crippen LogP contribution in [0.25, 0.3) is 22.8 Å². The third kappa shape index (κ3) is 4.47. The van der Waals surface area contributed by atoms with Crippen molar-refractivity contribution in [2.45, 2.75) is 45.3 Å². The first-order chi connectivity index (χ1) is 17.5. The quantitative estimate of drug-likeness (QED) is 0.345. The van der Waals surface area contributed by atoms with Gasteiger partial charge in [-0.1, -0.05) is 38.1 Å². The molecule has 4 aromatic rings. The lowest BCUT2D eigenvalue weighted by Gasteiger charge is -2.25. The molecule has 0 saturated carbocycles.